The normalized spacial score (nSPS) is 11.5. The Hall–Kier alpha value is -2.76. The first-order valence-electron chi connectivity index (χ1n) is 7.43. The summed E-state index contributed by atoms with van der Waals surface area (Å²) in [5, 5.41) is 2.81. The minimum absolute atomic E-state index is 0.208. The van der Waals surface area contributed by atoms with Gasteiger partial charge in [0.15, 0.2) is 6.61 Å². The standard InChI is InChI=1S/C18H20FNO4/c1-12(16-10-14(22-2)7-8-17(16)23-3)20-18(21)11-24-15-6-4-5-13(19)9-15/h4-10,12H,11H2,1-3H3,(H,20,21)/t12-/m0/s1. The molecule has 2 aromatic carbocycles. The summed E-state index contributed by atoms with van der Waals surface area (Å²) in [6.45, 7) is 1.62. The highest BCUT2D eigenvalue weighted by atomic mass is 19.1. The number of hydrogen-bond donors (Lipinski definition) is 1. The molecule has 1 atom stereocenters. The summed E-state index contributed by atoms with van der Waals surface area (Å²) in [6.07, 6.45) is 0. The molecule has 1 amide bonds. The quantitative estimate of drug-likeness (QED) is 0.846. The van der Waals surface area contributed by atoms with Crippen LogP contribution in [0.1, 0.15) is 18.5 Å². The summed E-state index contributed by atoms with van der Waals surface area (Å²) < 4.78 is 28.9. The van der Waals surface area contributed by atoms with Gasteiger partial charge in [-0.25, -0.2) is 4.39 Å². The van der Waals surface area contributed by atoms with E-state index in [0.717, 1.165) is 5.56 Å². The lowest BCUT2D eigenvalue weighted by molar-refractivity contribution is -0.123. The maximum atomic E-state index is 13.1. The van der Waals surface area contributed by atoms with E-state index in [1.165, 1.54) is 18.2 Å². The Bertz CT molecular complexity index is 705. The SMILES string of the molecule is COc1ccc(OC)c([C@H](C)NC(=O)COc2cccc(F)c2)c1. The van der Waals surface area contributed by atoms with E-state index < -0.39 is 5.82 Å². The number of amides is 1. The van der Waals surface area contributed by atoms with Crippen LogP contribution in [0.5, 0.6) is 17.2 Å². The van der Waals surface area contributed by atoms with Crippen molar-refractivity contribution in [3.63, 3.8) is 0 Å². The molecule has 2 aromatic rings. The van der Waals surface area contributed by atoms with Crippen LogP contribution in [0.2, 0.25) is 0 Å². The van der Waals surface area contributed by atoms with Gasteiger partial charge in [-0.1, -0.05) is 6.07 Å². The highest BCUT2D eigenvalue weighted by molar-refractivity contribution is 5.78. The Morgan fingerprint density at radius 3 is 2.58 bits per heavy atom. The third-order valence-electron chi connectivity index (χ3n) is 3.45. The van der Waals surface area contributed by atoms with Gasteiger partial charge in [0, 0.05) is 11.6 Å². The summed E-state index contributed by atoms with van der Waals surface area (Å²) in [5.41, 5.74) is 0.788. The fraction of sp³-hybridized carbons (Fsp3) is 0.278. The molecule has 0 saturated carbocycles. The van der Waals surface area contributed by atoms with Gasteiger partial charge in [0.1, 0.15) is 23.1 Å². The summed E-state index contributed by atoms with van der Waals surface area (Å²) >= 11 is 0. The smallest absolute Gasteiger partial charge is 0.258 e. The van der Waals surface area contributed by atoms with Crippen LogP contribution >= 0.6 is 0 Å². The number of benzene rings is 2. The molecule has 1 N–H and O–H groups in total. The highest BCUT2D eigenvalue weighted by Crippen LogP contribution is 2.29. The van der Waals surface area contributed by atoms with Crippen molar-refractivity contribution >= 4 is 5.91 Å². The number of carbonyl (C=O) groups excluding carboxylic acids is 1. The fourth-order valence-electron chi connectivity index (χ4n) is 2.24. The zero-order valence-corrected chi connectivity index (χ0v) is 13.8. The van der Waals surface area contributed by atoms with Crippen LogP contribution in [0.15, 0.2) is 42.5 Å². The molecule has 128 valence electrons. The molecule has 6 heteroatoms. The van der Waals surface area contributed by atoms with E-state index in [9.17, 15) is 9.18 Å². The number of rotatable bonds is 7. The first kappa shape index (κ1) is 17.6. The van der Waals surface area contributed by atoms with Crippen LogP contribution < -0.4 is 19.5 Å². The predicted octanol–water partition coefficient (Wildman–Crippen LogP) is 3.10. The average Bonchev–Trinajstić information content (AvgIpc) is 2.59. The van der Waals surface area contributed by atoms with Crippen LogP contribution in [0.25, 0.3) is 0 Å². The van der Waals surface area contributed by atoms with Crippen LogP contribution in [0.4, 0.5) is 4.39 Å². The molecule has 0 aliphatic carbocycles. The fourth-order valence-corrected chi connectivity index (χ4v) is 2.24. The van der Waals surface area contributed by atoms with Gasteiger partial charge in [-0.15, -0.1) is 0 Å². The second kappa shape index (κ2) is 8.19. The van der Waals surface area contributed by atoms with Crippen molar-refractivity contribution in [2.24, 2.45) is 0 Å². The number of hydrogen-bond acceptors (Lipinski definition) is 4. The third kappa shape index (κ3) is 4.62. The maximum Gasteiger partial charge on any atom is 0.258 e. The molecular weight excluding hydrogens is 313 g/mol. The zero-order valence-electron chi connectivity index (χ0n) is 13.8. The molecule has 0 bridgehead atoms. The van der Waals surface area contributed by atoms with Crippen LogP contribution in [0.3, 0.4) is 0 Å². The molecule has 0 aliphatic rings. The summed E-state index contributed by atoms with van der Waals surface area (Å²) in [4.78, 5) is 12.0. The Morgan fingerprint density at radius 2 is 1.92 bits per heavy atom. The second-order valence-corrected chi connectivity index (χ2v) is 5.14. The van der Waals surface area contributed by atoms with Crippen molar-refractivity contribution < 1.29 is 23.4 Å². The van der Waals surface area contributed by atoms with E-state index in [1.54, 1.807) is 38.5 Å². The van der Waals surface area contributed by atoms with Gasteiger partial charge >= 0.3 is 0 Å². The first-order valence-corrected chi connectivity index (χ1v) is 7.43. The van der Waals surface area contributed by atoms with Crippen LogP contribution in [-0.4, -0.2) is 26.7 Å². The van der Waals surface area contributed by atoms with E-state index in [-0.39, 0.29) is 18.6 Å². The van der Waals surface area contributed by atoms with E-state index in [0.29, 0.717) is 17.2 Å². The molecular formula is C18H20FNO4. The summed E-state index contributed by atoms with van der Waals surface area (Å²) in [7, 11) is 3.13. The van der Waals surface area contributed by atoms with Gasteiger partial charge in [-0.05, 0) is 37.3 Å². The van der Waals surface area contributed by atoms with E-state index in [4.69, 9.17) is 14.2 Å². The average molecular weight is 333 g/mol. The van der Waals surface area contributed by atoms with Crippen molar-refractivity contribution in [2.45, 2.75) is 13.0 Å². The van der Waals surface area contributed by atoms with E-state index in [2.05, 4.69) is 5.32 Å². The third-order valence-corrected chi connectivity index (χ3v) is 3.45. The minimum atomic E-state index is -0.414. The van der Waals surface area contributed by atoms with Crippen LogP contribution in [0, 0.1) is 5.82 Å². The zero-order chi connectivity index (χ0) is 17.5. The van der Waals surface area contributed by atoms with Crippen molar-refractivity contribution in [3.8, 4) is 17.2 Å². The lowest BCUT2D eigenvalue weighted by Crippen LogP contribution is -2.31. The molecule has 0 spiro atoms. The Labute approximate surface area is 140 Å². The number of nitrogens with one attached hydrogen (secondary N) is 1. The van der Waals surface area contributed by atoms with Crippen molar-refractivity contribution in [2.75, 3.05) is 20.8 Å². The topological polar surface area (TPSA) is 56.8 Å². The molecule has 0 saturated heterocycles. The van der Waals surface area contributed by atoms with E-state index >= 15 is 0 Å². The van der Waals surface area contributed by atoms with Crippen molar-refractivity contribution in [1.29, 1.82) is 0 Å². The molecule has 0 aliphatic heterocycles. The number of carbonyl (C=O) groups is 1. The molecule has 0 radical (unpaired) electrons. The number of halogens is 1. The van der Waals surface area contributed by atoms with E-state index in [1.807, 2.05) is 6.92 Å². The largest absolute Gasteiger partial charge is 0.497 e. The molecule has 5 nitrogen and oxygen atoms in total. The van der Waals surface area contributed by atoms with Gasteiger partial charge in [-0.3, -0.25) is 4.79 Å². The van der Waals surface area contributed by atoms with Crippen molar-refractivity contribution in [1.82, 2.24) is 5.32 Å². The molecule has 0 aromatic heterocycles. The molecule has 0 fully saturated rings. The lowest BCUT2D eigenvalue weighted by Gasteiger charge is -2.18. The first-order chi connectivity index (χ1) is 11.5. The van der Waals surface area contributed by atoms with Gasteiger partial charge in [-0.2, -0.15) is 0 Å². The molecule has 0 heterocycles. The summed E-state index contributed by atoms with van der Waals surface area (Å²) in [5.74, 6) is 0.883. The van der Waals surface area contributed by atoms with Crippen LogP contribution in [-0.2, 0) is 4.79 Å². The monoisotopic (exact) mass is 333 g/mol. The Morgan fingerprint density at radius 1 is 1.12 bits per heavy atom. The van der Waals surface area contributed by atoms with Gasteiger partial charge in [0.05, 0.1) is 20.3 Å². The summed E-state index contributed by atoms with van der Waals surface area (Å²) in [6, 6.07) is 10.7. The number of ether oxygens (including phenoxy) is 3. The Kier molecular flexibility index (Phi) is 6.01. The molecule has 0 unspecified atom stereocenters. The van der Waals surface area contributed by atoms with Gasteiger partial charge in [0.25, 0.3) is 5.91 Å². The lowest BCUT2D eigenvalue weighted by atomic mass is 10.1. The highest BCUT2D eigenvalue weighted by Gasteiger charge is 2.15. The molecule has 24 heavy (non-hydrogen) atoms. The minimum Gasteiger partial charge on any atom is -0.497 e. The van der Waals surface area contributed by atoms with Gasteiger partial charge in [0.2, 0.25) is 0 Å². The predicted molar refractivity (Wildman–Crippen MR) is 88.0 cm³/mol. The van der Waals surface area contributed by atoms with Crippen molar-refractivity contribution in [3.05, 3.63) is 53.8 Å². The van der Waals surface area contributed by atoms with Gasteiger partial charge < -0.3 is 19.5 Å². The second-order valence-electron chi connectivity index (χ2n) is 5.14. The maximum absolute atomic E-state index is 13.1. The molecule has 2 rings (SSSR count). The Balaban J connectivity index is 1.98. The number of methoxy groups -OCH3 is 2.